The highest BCUT2D eigenvalue weighted by atomic mass is 15.1. The molecule has 3 unspecified atom stereocenters. The summed E-state index contributed by atoms with van der Waals surface area (Å²) in [6.45, 7) is 4.97. The molecule has 272 valence electrons. The lowest BCUT2D eigenvalue weighted by molar-refractivity contribution is 0.265. The summed E-state index contributed by atoms with van der Waals surface area (Å²) in [6, 6.07) is 66.8. The smallest absolute Gasteiger partial charge is 0.145 e. The monoisotopic (exact) mass is 730 g/mol. The normalized spacial score (nSPS) is 18.9. The molecule has 2 heteroatoms. The zero-order chi connectivity index (χ0) is 38.1. The van der Waals surface area contributed by atoms with Gasteiger partial charge in [0.1, 0.15) is 5.82 Å². The molecule has 0 amide bonds. The minimum Gasteiger partial charge on any atom is -0.292 e. The van der Waals surface area contributed by atoms with Crippen molar-refractivity contribution < 1.29 is 0 Å². The lowest BCUT2D eigenvalue weighted by atomic mass is 9.55. The van der Waals surface area contributed by atoms with E-state index in [1.165, 1.54) is 65.4 Å². The average molecular weight is 731 g/mol. The topological polar surface area (TPSA) is 17.8 Å². The van der Waals surface area contributed by atoms with Crippen LogP contribution in [0.5, 0.6) is 0 Å². The van der Waals surface area contributed by atoms with Gasteiger partial charge in [-0.1, -0.05) is 178 Å². The number of rotatable bonds is 5. The molecule has 0 aliphatic heterocycles. The van der Waals surface area contributed by atoms with Crippen molar-refractivity contribution in [3.63, 3.8) is 0 Å². The van der Waals surface area contributed by atoms with Crippen LogP contribution in [0.2, 0.25) is 0 Å². The SMILES string of the molecule is CC1C=CCC2(C)C(c3cccc4ccccc34)=c3cc(-c4ccc(-c5nc6ccccc6n5-c5ccccc5)cc4)ccc3=C(c3cccc4ccccc34)C12. The van der Waals surface area contributed by atoms with Gasteiger partial charge in [-0.2, -0.15) is 0 Å². The summed E-state index contributed by atoms with van der Waals surface area (Å²) in [7, 11) is 0. The predicted octanol–water partition coefficient (Wildman–Crippen LogP) is 12.3. The molecule has 1 heterocycles. The lowest BCUT2D eigenvalue weighted by Crippen LogP contribution is -2.48. The number of allylic oxidation sites excluding steroid dienone is 2. The molecular weight excluding hydrogens is 689 g/mol. The third kappa shape index (κ3) is 5.28. The van der Waals surface area contributed by atoms with E-state index < -0.39 is 0 Å². The second kappa shape index (κ2) is 13.2. The van der Waals surface area contributed by atoms with Crippen LogP contribution in [-0.2, 0) is 0 Å². The lowest BCUT2D eigenvalue weighted by Gasteiger charge is -2.48. The minimum atomic E-state index is -0.142. The quantitative estimate of drug-likeness (QED) is 0.161. The van der Waals surface area contributed by atoms with Gasteiger partial charge in [0.15, 0.2) is 0 Å². The molecule has 11 rings (SSSR count). The zero-order valence-electron chi connectivity index (χ0n) is 32.2. The third-order valence-electron chi connectivity index (χ3n) is 12.8. The molecule has 2 nitrogen and oxygen atoms in total. The van der Waals surface area contributed by atoms with E-state index in [0.29, 0.717) is 11.8 Å². The van der Waals surface area contributed by atoms with Crippen LogP contribution >= 0.6 is 0 Å². The molecule has 2 aliphatic carbocycles. The summed E-state index contributed by atoms with van der Waals surface area (Å²) >= 11 is 0. The van der Waals surface area contributed by atoms with Crippen molar-refractivity contribution in [2.24, 2.45) is 17.3 Å². The molecule has 0 radical (unpaired) electrons. The van der Waals surface area contributed by atoms with Gasteiger partial charge in [0.2, 0.25) is 0 Å². The van der Waals surface area contributed by atoms with E-state index in [9.17, 15) is 0 Å². The zero-order valence-corrected chi connectivity index (χ0v) is 32.2. The van der Waals surface area contributed by atoms with Crippen molar-refractivity contribution in [3.8, 4) is 28.2 Å². The van der Waals surface area contributed by atoms with Crippen LogP contribution in [0, 0.1) is 17.3 Å². The Bertz CT molecular complexity index is 3170. The van der Waals surface area contributed by atoms with Gasteiger partial charge in [-0.05, 0) is 108 Å². The van der Waals surface area contributed by atoms with E-state index in [2.05, 4.69) is 213 Å². The number of hydrogen-bond acceptors (Lipinski definition) is 1. The molecule has 0 saturated carbocycles. The molecule has 2 aliphatic rings. The van der Waals surface area contributed by atoms with Crippen LogP contribution in [0.3, 0.4) is 0 Å². The van der Waals surface area contributed by atoms with Gasteiger partial charge >= 0.3 is 0 Å². The van der Waals surface area contributed by atoms with E-state index >= 15 is 0 Å². The number of benzene rings is 8. The maximum Gasteiger partial charge on any atom is 0.145 e. The molecule has 8 aromatic carbocycles. The molecule has 1 aromatic heterocycles. The van der Waals surface area contributed by atoms with E-state index in [4.69, 9.17) is 4.98 Å². The largest absolute Gasteiger partial charge is 0.292 e. The van der Waals surface area contributed by atoms with E-state index in [0.717, 1.165) is 34.5 Å². The van der Waals surface area contributed by atoms with E-state index in [-0.39, 0.29) is 5.41 Å². The first-order valence-electron chi connectivity index (χ1n) is 20.2. The summed E-state index contributed by atoms with van der Waals surface area (Å²) in [4.78, 5) is 5.15. The fourth-order valence-corrected chi connectivity index (χ4v) is 10.4. The Morgan fingerprint density at radius 1 is 0.561 bits per heavy atom. The molecule has 0 bridgehead atoms. The number of fused-ring (bicyclic) bond motifs is 5. The second-order valence-corrected chi connectivity index (χ2v) is 16.2. The summed E-state index contributed by atoms with van der Waals surface area (Å²) < 4.78 is 2.27. The molecule has 9 aromatic rings. The summed E-state index contributed by atoms with van der Waals surface area (Å²) in [5.41, 5.74) is 12.2. The third-order valence-corrected chi connectivity index (χ3v) is 12.8. The van der Waals surface area contributed by atoms with Crippen LogP contribution in [0.25, 0.3) is 71.9 Å². The Morgan fingerprint density at radius 3 is 1.95 bits per heavy atom. The van der Waals surface area contributed by atoms with E-state index in [1.807, 2.05) is 0 Å². The predicted molar refractivity (Wildman–Crippen MR) is 239 cm³/mol. The molecular formula is C55H42N2. The Kier molecular flexibility index (Phi) is 7.76. The van der Waals surface area contributed by atoms with Gasteiger partial charge in [0.05, 0.1) is 11.0 Å². The first-order valence-corrected chi connectivity index (χ1v) is 20.2. The maximum absolute atomic E-state index is 5.15. The number of aromatic nitrogens is 2. The number of imidazole rings is 1. The highest BCUT2D eigenvalue weighted by Gasteiger charge is 2.47. The van der Waals surface area contributed by atoms with Crippen molar-refractivity contribution in [3.05, 3.63) is 216 Å². The Balaban J connectivity index is 1.18. The van der Waals surface area contributed by atoms with Gasteiger partial charge in [0, 0.05) is 22.6 Å². The fraction of sp³-hybridized carbons (Fsp3) is 0.109. The standard InChI is InChI=1S/C55H42N2/c1-36-15-14-34-55(2)52(36)51(45-24-12-18-38-16-6-8-22-43(38)45)46-33-32-41(35-48(46)53(55)47-25-13-19-39-17-7-9-23-44(39)47)37-28-30-40(31-29-37)54-56-49-26-10-11-27-50(49)57(54)42-20-4-3-5-21-42/h3-33,35-36,52H,34H2,1-2H3. The fourth-order valence-electron chi connectivity index (χ4n) is 10.4. The number of hydrogen-bond donors (Lipinski definition) is 0. The van der Waals surface area contributed by atoms with E-state index in [1.54, 1.807) is 0 Å². The van der Waals surface area contributed by atoms with Crippen LogP contribution in [0.4, 0.5) is 0 Å². The summed E-state index contributed by atoms with van der Waals surface area (Å²) in [5, 5.41) is 7.87. The van der Waals surface area contributed by atoms with Gasteiger partial charge in [-0.15, -0.1) is 0 Å². The van der Waals surface area contributed by atoms with Crippen LogP contribution in [-0.4, -0.2) is 9.55 Å². The molecule has 0 spiro atoms. The first kappa shape index (κ1) is 33.6. The van der Waals surface area contributed by atoms with Crippen molar-refractivity contribution in [1.82, 2.24) is 9.55 Å². The minimum absolute atomic E-state index is 0.142. The number of nitrogens with zero attached hydrogens (tertiary/aromatic N) is 2. The molecule has 0 saturated heterocycles. The van der Waals surface area contributed by atoms with Crippen LogP contribution in [0.15, 0.2) is 194 Å². The van der Waals surface area contributed by atoms with Crippen molar-refractivity contribution in [2.45, 2.75) is 20.3 Å². The number of para-hydroxylation sites is 3. The van der Waals surface area contributed by atoms with Gasteiger partial charge in [-0.25, -0.2) is 4.98 Å². The average Bonchev–Trinajstić information content (AvgIpc) is 3.65. The van der Waals surface area contributed by atoms with Crippen molar-refractivity contribution >= 4 is 43.7 Å². The highest BCUT2D eigenvalue weighted by Crippen LogP contribution is 2.55. The van der Waals surface area contributed by atoms with Gasteiger partial charge in [-0.3, -0.25) is 4.57 Å². The Hall–Kier alpha value is -6.77. The molecule has 0 N–H and O–H groups in total. The summed E-state index contributed by atoms with van der Waals surface area (Å²) in [6.07, 6.45) is 5.89. The first-order chi connectivity index (χ1) is 28.1. The summed E-state index contributed by atoms with van der Waals surface area (Å²) in [5.74, 6) is 1.60. The van der Waals surface area contributed by atoms with Crippen LogP contribution < -0.4 is 10.4 Å². The maximum atomic E-state index is 5.15. The van der Waals surface area contributed by atoms with Crippen molar-refractivity contribution in [2.75, 3.05) is 0 Å². The van der Waals surface area contributed by atoms with Crippen LogP contribution in [0.1, 0.15) is 31.4 Å². The second-order valence-electron chi connectivity index (χ2n) is 16.2. The van der Waals surface area contributed by atoms with Crippen molar-refractivity contribution in [1.29, 1.82) is 0 Å². The Labute approximate surface area is 333 Å². The highest BCUT2D eigenvalue weighted by molar-refractivity contribution is 5.99. The molecule has 57 heavy (non-hydrogen) atoms. The van der Waals surface area contributed by atoms with Gasteiger partial charge < -0.3 is 0 Å². The Morgan fingerprint density at radius 2 is 1.18 bits per heavy atom. The molecule has 0 fully saturated rings. The van der Waals surface area contributed by atoms with Gasteiger partial charge in [0.25, 0.3) is 0 Å². The molecule has 3 atom stereocenters.